The number of thioether (sulfide) groups is 2. The third-order valence-electron chi connectivity index (χ3n) is 7.03. The van der Waals surface area contributed by atoms with E-state index in [9.17, 15) is 0 Å². The Labute approximate surface area is 149 Å². The summed E-state index contributed by atoms with van der Waals surface area (Å²) in [7, 11) is 0. The Morgan fingerprint density at radius 1 is 0.826 bits per heavy atom. The zero-order valence-corrected chi connectivity index (χ0v) is 16.9. The molecule has 4 bridgehead atoms. The second-order valence-corrected chi connectivity index (χ2v) is 11.4. The van der Waals surface area contributed by atoms with Gasteiger partial charge in [-0.25, -0.2) is 0 Å². The highest BCUT2D eigenvalue weighted by Gasteiger charge is 2.86. The van der Waals surface area contributed by atoms with E-state index in [1.54, 1.807) is 0 Å². The van der Waals surface area contributed by atoms with Crippen molar-refractivity contribution >= 4 is 23.5 Å². The van der Waals surface area contributed by atoms with Crippen LogP contribution in [0, 0.1) is 10.8 Å². The van der Waals surface area contributed by atoms with Crippen molar-refractivity contribution in [1.29, 1.82) is 0 Å². The molecule has 4 rings (SSSR count). The van der Waals surface area contributed by atoms with Crippen molar-refractivity contribution in [2.24, 2.45) is 10.8 Å². The second kappa shape index (κ2) is 4.75. The molecule has 6 atom stereocenters. The fraction of sp³-hybridized carbons (Fsp3) is 0.895. The number of hydrogen-bond donors (Lipinski definition) is 0. The monoisotopic (exact) mass is 354 g/mol. The van der Waals surface area contributed by atoms with Crippen molar-refractivity contribution in [3.63, 3.8) is 0 Å². The molecular formula is C19H30O2S2. The van der Waals surface area contributed by atoms with Gasteiger partial charge in [-0.2, -0.15) is 23.5 Å². The summed E-state index contributed by atoms with van der Waals surface area (Å²) in [5, 5.41) is 1.18. The quantitative estimate of drug-likeness (QED) is 0.670. The van der Waals surface area contributed by atoms with Crippen LogP contribution in [0.5, 0.6) is 0 Å². The first-order chi connectivity index (χ1) is 10.7. The highest BCUT2D eigenvalue weighted by molar-refractivity contribution is 8.00. The summed E-state index contributed by atoms with van der Waals surface area (Å²) >= 11 is 4.19. The van der Waals surface area contributed by atoms with Crippen molar-refractivity contribution < 1.29 is 9.47 Å². The summed E-state index contributed by atoms with van der Waals surface area (Å²) in [4.78, 5) is 0. The van der Waals surface area contributed by atoms with Gasteiger partial charge >= 0.3 is 0 Å². The summed E-state index contributed by atoms with van der Waals surface area (Å²) in [6.45, 7) is 13.6. The zero-order valence-electron chi connectivity index (χ0n) is 15.3. The fourth-order valence-corrected chi connectivity index (χ4v) is 8.87. The van der Waals surface area contributed by atoms with E-state index in [2.05, 4.69) is 77.2 Å². The highest BCUT2D eigenvalue weighted by atomic mass is 32.2. The minimum atomic E-state index is -0.474. The zero-order chi connectivity index (χ0) is 16.7. The van der Waals surface area contributed by atoms with Crippen molar-refractivity contribution in [3.05, 3.63) is 12.2 Å². The minimum Gasteiger partial charge on any atom is -0.340 e. The smallest absolute Gasteiger partial charge is 0.164 e. The van der Waals surface area contributed by atoms with Crippen LogP contribution in [0.15, 0.2) is 12.2 Å². The molecule has 3 fully saturated rings. The van der Waals surface area contributed by atoms with Crippen molar-refractivity contribution in [3.8, 4) is 0 Å². The molecule has 1 saturated heterocycles. The van der Waals surface area contributed by atoms with Gasteiger partial charge in [0.2, 0.25) is 0 Å². The maximum atomic E-state index is 6.83. The van der Waals surface area contributed by atoms with Crippen LogP contribution in [0.25, 0.3) is 0 Å². The summed E-state index contributed by atoms with van der Waals surface area (Å²) in [6.07, 6.45) is 7.25. The number of hydrogen-bond acceptors (Lipinski definition) is 4. The van der Waals surface area contributed by atoms with Crippen LogP contribution in [0.1, 0.15) is 54.4 Å². The number of rotatable bonds is 4. The topological polar surface area (TPSA) is 18.5 Å². The van der Waals surface area contributed by atoms with Gasteiger partial charge in [-0.05, 0) is 38.2 Å². The summed E-state index contributed by atoms with van der Waals surface area (Å²) in [5.74, 6) is 1.85. The average molecular weight is 355 g/mol. The highest BCUT2D eigenvalue weighted by Crippen LogP contribution is 2.79. The first-order valence-electron chi connectivity index (χ1n) is 9.04. The van der Waals surface area contributed by atoms with Gasteiger partial charge in [-0.3, -0.25) is 0 Å². The summed E-state index contributed by atoms with van der Waals surface area (Å²) in [6, 6.07) is 0. The predicted octanol–water partition coefficient (Wildman–Crippen LogP) is 4.88. The molecule has 2 saturated carbocycles. The molecule has 1 heterocycles. The minimum absolute atomic E-state index is 0.0734. The van der Waals surface area contributed by atoms with E-state index in [1.807, 2.05) is 0 Å². The van der Waals surface area contributed by atoms with Gasteiger partial charge in [0.1, 0.15) is 11.2 Å². The number of ether oxygens (including phenoxy) is 2. The molecule has 0 radical (unpaired) electrons. The Bertz CT molecular complexity index is 516. The normalized spacial score (nSPS) is 55.4. The lowest BCUT2D eigenvalue weighted by atomic mass is 9.63. The van der Waals surface area contributed by atoms with Gasteiger partial charge in [0.05, 0.1) is 0 Å². The maximum Gasteiger partial charge on any atom is 0.164 e. The van der Waals surface area contributed by atoms with Gasteiger partial charge in [0.25, 0.3) is 0 Å². The van der Waals surface area contributed by atoms with Crippen molar-refractivity contribution in [1.82, 2.24) is 0 Å². The molecule has 23 heavy (non-hydrogen) atoms. The predicted molar refractivity (Wildman–Crippen MR) is 100 cm³/mol. The lowest BCUT2D eigenvalue weighted by Gasteiger charge is -2.49. The summed E-state index contributed by atoms with van der Waals surface area (Å²) in [5.41, 5.74) is -0.173. The molecule has 4 aliphatic rings. The van der Waals surface area contributed by atoms with Crippen LogP contribution in [-0.2, 0) is 9.47 Å². The van der Waals surface area contributed by atoms with Gasteiger partial charge in [0.15, 0.2) is 5.79 Å². The van der Waals surface area contributed by atoms with Crippen LogP contribution in [-0.4, -0.2) is 39.0 Å². The largest absolute Gasteiger partial charge is 0.340 e. The van der Waals surface area contributed by atoms with E-state index < -0.39 is 5.79 Å². The average Bonchev–Trinajstić information content (AvgIpc) is 2.82. The SMILES string of the molecule is CCS[C@H]1C[C@]23OC(C)(C)O[C@@]24C[C@H](SCC)[C@]3(C)C=C[C@@]14C. The third kappa shape index (κ3) is 1.68. The molecular weight excluding hydrogens is 324 g/mol. The molecule has 0 unspecified atom stereocenters. The third-order valence-corrected chi connectivity index (χ3v) is 9.81. The molecule has 0 spiro atoms. The Morgan fingerprint density at radius 2 is 1.22 bits per heavy atom. The molecule has 0 aromatic heterocycles. The molecule has 130 valence electrons. The van der Waals surface area contributed by atoms with E-state index in [0.29, 0.717) is 10.5 Å². The molecule has 0 N–H and O–H groups in total. The lowest BCUT2D eigenvalue weighted by molar-refractivity contribution is -0.198. The van der Waals surface area contributed by atoms with Gasteiger partial charge < -0.3 is 9.47 Å². The van der Waals surface area contributed by atoms with E-state index >= 15 is 0 Å². The van der Waals surface area contributed by atoms with E-state index in [4.69, 9.17) is 9.47 Å². The fourth-order valence-electron chi connectivity index (χ4n) is 6.13. The Hall–Kier alpha value is 0.360. The first kappa shape index (κ1) is 16.8. The molecule has 1 aliphatic heterocycles. The van der Waals surface area contributed by atoms with E-state index in [1.165, 1.54) is 0 Å². The molecule has 0 amide bonds. The van der Waals surface area contributed by atoms with Crippen molar-refractivity contribution in [2.45, 2.75) is 81.9 Å². The molecule has 2 nitrogen and oxygen atoms in total. The van der Waals surface area contributed by atoms with Crippen molar-refractivity contribution in [2.75, 3.05) is 11.5 Å². The first-order valence-corrected chi connectivity index (χ1v) is 11.1. The van der Waals surface area contributed by atoms with E-state index in [0.717, 1.165) is 24.3 Å². The second-order valence-electron chi connectivity index (χ2n) is 8.45. The van der Waals surface area contributed by atoms with Crippen LogP contribution >= 0.6 is 23.5 Å². The molecule has 0 aromatic carbocycles. The Morgan fingerprint density at radius 3 is 1.57 bits per heavy atom. The Balaban J connectivity index is 1.89. The van der Waals surface area contributed by atoms with Crippen LogP contribution in [0.4, 0.5) is 0 Å². The maximum absolute atomic E-state index is 6.83. The summed E-state index contributed by atoms with van der Waals surface area (Å²) < 4.78 is 13.7. The Kier molecular flexibility index (Phi) is 3.47. The van der Waals surface area contributed by atoms with Gasteiger partial charge in [-0.15, -0.1) is 0 Å². The molecule has 4 heteroatoms. The van der Waals surface area contributed by atoms with E-state index in [-0.39, 0.29) is 22.0 Å². The van der Waals surface area contributed by atoms with Crippen LogP contribution in [0.2, 0.25) is 0 Å². The lowest BCUT2D eigenvalue weighted by Crippen LogP contribution is -2.59. The molecule has 3 aliphatic carbocycles. The van der Waals surface area contributed by atoms with Crippen LogP contribution in [0.3, 0.4) is 0 Å². The van der Waals surface area contributed by atoms with Crippen LogP contribution < -0.4 is 0 Å². The van der Waals surface area contributed by atoms with Gasteiger partial charge in [-0.1, -0.05) is 39.8 Å². The standard InChI is InChI=1S/C19H30O2S2/c1-7-22-13-11-18-17(6)10-9-16(13,5)19(18,12-14(17)23-8-2)21-15(3,4)20-18/h9-10,13-14H,7-8,11-12H2,1-6H3/t13-,14-,16-,17-,18+,19+/m0/s1. The van der Waals surface area contributed by atoms with Gasteiger partial charge in [0, 0.05) is 21.3 Å². The molecule has 0 aromatic rings.